The van der Waals surface area contributed by atoms with Crippen LogP contribution in [0.3, 0.4) is 0 Å². The fourth-order valence-corrected chi connectivity index (χ4v) is 4.85. The van der Waals surface area contributed by atoms with Crippen molar-refractivity contribution in [1.29, 1.82) is 0 Å². The van der Waals surface area contributed by atoms with Crippen molar-refractivity contribution >= 4 is 35.2 Å². The maximum absolute atomic E-state index is 12.0. The van der Waals surface area contributed by atoms with Crippen LogP contribution in [0.4, 0.5) is 11.5 Å². The Hall–Kier alpha value is -3.20. The highest BCUT2D eigenvalue weighted by Crippen LogP contribution is 2.36. The Bertz CT molecular complexity index is 1160. The molecule has 164 valence electrons. The summed E-state index contributed by atoms with van der Waals surface area (Å²) in [6.45, 7) is 0.691. The molecule has 2 saturated carbocycles. The molecule has 3 heterocycles. The number of nitrogens with zero attached hydrogens (tertiary/aromatic N) is 4. The monoisotopic (exact) mass is 447 g/mol. The minimum absolute atomic E-state index is 0.130. The highest BCUT2D eigenvalue weighted by atomic mass is 32.2. The van der Waals surface area contributed by atoms with Gasteiger partial charge in [0, 0.05) is 46.6 Å². The van der Waals surface area contributed by atoms with Gasteiger partial charge in [-0.2, -0.15) is 5.10 Å². The summed E-state index contributed by atoms with van der Waals surface area (Å²) in [5.74, 6) is 3.65. The van der Waals surface area contributed by atoms with Crippen LogP contribution in [-0.4, -0.2) is 30.0 Å². The van der Waals surface area contributed by atoms with E-state index in [0.717, 1.165) is 40.9 Å². The molecule has 6 rings (SSSR count). The number of carbonyl (C=O) groups excluding carboxylic acids is 1. The van der Waals surface area contributed by atoms with E-state index in [1.165, 1.54) is 25.0 Å². The lowest BCUT2D eigenvalue weighted by atomic mass is 9.83. The predicted octanol–water partition coefficient (Wildman–Crippen LogP) is 4.61. The van der Waals surface area contributed by atoms with Crippen molar-refractivity contribution in [3.05, 3.63) is 60.4 Å². The molecule has 1 amide bonds. The summed E-state index contributed by atoms with van der Waals surface area (Å²) >= 11 is 1.64. The number of fused-ring (bicyclic) bond motifs is 1. The molecule has 0 unspecified atom stereocenters. The van der Waals surface area contributed by atoms with Crippen LogP contribution in [0.1, 0.15) is 49.5 Å². The van der Waals surface area contributed by atoms with Crippen molar-refractivity contribution in [2.75, 3.05) is 10.6 Å². The first-order chi connectivity index (χ1) is 15.7. The van der Waals surface area contributed by atoms with Gasteiger partial charge in [-0.15, -0.1) is 0 Å². The van der Waals surface area contributed by atoms with Crippen molar-refractivity contribution in [1.82, 2.24) is 24.1 Å². The first-order valence-electron chi connectivity index (χ1n) is 11.1. The molecule has 2 aliphatic carbocycles. The normalized spacial score (nSPS) is 18.0. The Balaban J connectivity index is 1.15. The average Bonchev–Trinajstić information content (AvgIpc) is 3.34. The molecule has 0 saturated heterocycles. The SMILES string of the molecule is O=C(Nc1ccc(SN2C=C(Nc3cc(C4CCC4)[nH]n3)n3ccnc3C2)cc1)C1CC1. The van der Waals surface area contributed by atoms with E-state index in [-0.39, 0.29) is 11.8 Å². The molecule has 9 heteroatoms. The van der Waals surface area contributed by atoms with Gasteiger partial charge < -0.3 is 14.9 Å². The molecule has 0 spiro atoms. The number of nitrogens with one attached hydrogen (secondary N) is 3. The highest BCUT2D eigenvalue weighted by Gasteiger charge is 2.29. The van der Waals surface area contributed by atoms with E-state index >= 15 is 0 Å². The van der Waals surface area contributed by atoms with Crippen LogP contribution < -0.4 is 10.6 Å². The topological polar surface area (TPSA) is 90.9 Å². The van der Waals surface area contributed by atoms with Crippen LogP contribution in [-0.2, 0) is 11.3 Å². The zero-order chi connectivity index (χ0) is 21.5. The number of imidazole rings is 1. The molecule has 1 aliphatic heterocycles. The number of hydrogen-bond acceptors (Lipinski definition) is 6. The molecule has 8 nitrogen and oxygen atoms in total. The third-order valence-electron chi connectivity index (χ3n) is 6.23. The van der Waals surface area contributed by atoms with Crippen molar-refractivity contribution in [3.8, 4) is 0 Å². The summed E-state index contributed by atoms with van der Waals surface area (Å²) in [5, 5.41) is 14.1. The minimum atomic E-state index is 0.130. The number of H-pyrrole nitrogens is 1. The highest BCUT2D eigenvalue weighted by molar-refractivity contribution is 7.97. The molecule has 0 radical (unpaired) electrons. The van der Waals surface area contributed by atoms with Crippen LogP contribution in [0, 0.1) is 5.92 Å². The Labute approximate surface area is 190 Å². The molecule has 32 heavy (non-hydrogen) atoms. The number of hydrogen-bond donors (Lipinski definition) is 3. The van der Waals surface area contributed by atoms with Crippen LogP contribution in [0.5, 0.6) is 0 Å². The second-order valence-electron chi connectivity index (χ2n) is 8.64. The predicted molar refractivity (Wildman–Crippen MR) is 124 cm³/mol. The standard InChI is InChI=1S/C23H25N7OS/c31-23(16-4-5-16)25-17-6-8-18(9-7-17)32-29-13-21-24-10-11-30(21)22(14-29)26-20-12-19(27-28-20)15-2-1-3-15/h6-12,14-16H,1-5,13H2,(H,25,31)(H2,26,27,28). The Morgan fingerprint density at radius 2 is 2.00 bits per heavy atom. The zero-order valence-corrected chi connectivity index (χ0v) is 18.4. The maximum atomic E-state index is 12.0. The van der Waals surface area contributed by atoms with Crippen molar-refractivity contribution < 1.29 is 4.79 Å². The lowest BCUT2D eigenvalue weighted by molar-refractivity contribution is -0.117. The Kier molecular flexibility index (Phi) is 4.90. The van der Waals surface area contributed by atoms with Gasteiger partial charge in [-0.3, -0.25) is 14.5 Å². The number of aromatic nitrogens is 4. The van der Waals surface area contributed by atoms with Crippen LogP contribution in [0.15, 0.2) is 53.8 Å². The third kappa shape index (κ3) is 4.00. The second kappa shape index (κ2) is 8.05. The molecule has 3 aromatic rings. The summed E-state index contributed by atoms with van der Waals surface area (Å²) in [6, 6.07) is 10.1. The third-order valence-corrected chi connectivity index (χ3v) is 7.18. The fourth-order valence-electron chi connectivity index (χ4n) is 3.99. The van der Waals surface area contributed by atoms with Gasteiger partial charge in [0.15, 0.2) is 5.82 Å². The van der Waals surface area contributed by atoms with Gasteiger partial charge in [-0.05, 0) is 61.9 Å². The Morgan fingerprint density at radius 3 is 2.75 bits per heavy atom. The van der Waals surface area contributed by atoms with Crippen LogP contribution in [0.25, 0.3) is 5.82 Å². The van der Waals surface area contributed by atoms with E-state index in [4.69, 9.17) is 0 Å². The molecule has 2 fully saturated rings. The molecule has 1 aromatic carbocycles. The van der Waals surface area contributed by atoms with Crippen LogP contribution in [0.2, 0.25) is 0 Å². The largest absolute Gasteiger partial charge is 0.326 e. The summed E-state index contributed by atoms with van der Waals surface area (Å²) in [6.07, 6.45) is 11.7. The van der Waals surface area contributed by atoms with Gasteiger partial charge >= 0.3 is 0 Å². The second-order valence-corrected chi connectivity index (χ2v) is 9.77. The number of benzene rings is 1. The first-order valence-corrected chi connectivity index (χ1v) is 11.9. The van der Waals surface area contributed by atoms with Gasteiger partial charge in [-0.25, -0.2) is 4.98 Å². The molecule has 0 atom stereocenters. The van der Waals surface area contributed by atoms with Crippen molar-refractivity contribution in [3.63, 3.8) is 0 Å². The van der Waals surface area contributed by atoms with E-state index in [1.807, 2.05) is 36.7 Å². The number of aromatic amines is 1. The number of anilines is 2. The van der Waals surface area contributed by atoms with Gasteiger partial charge in [-0.1, -0.05) is 6.42 Å². The summed E-state index contributed by atoms with van der Waals surface area (Å²) in [7, 11) is 0. The molecular formula is C23H25N7OS. The molecule has 3 N–H and O–H groups in total. The molecule has 3 aliphatic rings. The van der Waals surface area contributed by atoms with Gasteiger partial charge in [0.25, 0.3) is 0 Å². The van der Waals surface area contributed by atoms with Crippen molar-refractivity contribution in [2.45, 2.75) is 49.5 Å². The lowest BCUT2D eigenvalue weighted by Gasteiger charge is -2.26. The molecule has 2 aromatic heterocycles. The summed E-state index contributed by atoms with van der Waals surface area (Å²) in [4.78, 5) is 17.6. The summed E-state index contributed by atoms with van der Waals surface area (Å²) in [5.41, 5.74) is 2.06. The number of rotatable bonds is 7. The van der Waals surface area contributed by atoms with E-state index in [9.17, 15) is 4.79 Å². The molecule has 0 bridgehead atoms. The first kappa shape index (κ1) is 19.5. The quantitative estimate of drug-likeness (QED) is 0.458. The van der Waals surface area contributed by atoms with E-state index < -0.39 is 0 Å². The number of amides is 1. The average molecular weight is 448 g/mol. The zero-order valence-electron chi connectivity index (χ0n) is 17.6. The van der Waals surface area contributed by atoms with E-state index in [0.29, 0.717) is 12.5 Å². The Morgan fingerprint density at radius 1 is 1.16 bits per heavy atom. The lowest BCUT2D eigenvalue weighted by Crippen LogP contribution is -2.23. The molecular weight excluding hydrogens is 422 g/mol. The fraction of sp³-hybridized carbons (Fsp3) is 0.348. The summed E-state index contributed by atoms with van der Waals surface area (Å²) < 4.78 is 4.22. The smallest absolute Gasteiger partial charge is 0.227 e. The van der Waals surface area contributed by atoms with Gasteiger partial charge in [0.1, 0.15) is 11.6 Å². The maximum Gasteiger partial charge on any atom is 0.227 e. The van der Waals surface area contributed by atoms with Gasteiger partial charge in [0.2, 0.25) is 5.91 Å². The van der Waals surface area contributed by atoms with E-state index in [2.05, 4.69) is 47.0 Å². The van der Waals surface area contributed by atoms with E-state index in [1.54, 1.807) is 11.9 Å². The van der Waals surface area contributed by atoms with Crippen LogP contribution >= 0.6 is 11.9 Å². The van der Waals surface area contributed by atoms with Gasteiger partial charge in [0.05, 0.1) is 12.7 Å². The minimum Gasteiger partial charge on any atom is -0.326 e. The van der Waals surface area contributed by atoms with Crippen molar-refractivity contribution in [2.24, 2.45) is 5.92 Å². The number of carbonyl (C=O) groups is 1.